The Morgan fingerprint density at radius 3 is 3.00 bits per heavy atom. The topological polar surface area (TPSA) is 55.1 Å². The summed E-state index contributed by atoms with van der Waals surface area (Å²) in [4.78, 5) is 14.9. The third kappa shape index (κ3) is 3.39. The molecule has 0 fully saturated rings. The number of hydrogen-bond donors (Lipinski definition) is 1. The van der Waals surface area contributed by atoms with Gasteiger partial charge in [0.05, 0.1) is 11.4 Å². The zero-order valence-electron chi connectivity index (χ0n) is 10.3. The number of nitrogens with zero attached hydrogens (tertiary/aromatic N) is 2. The lowest BCUT2D eigenvalue weighted by molar-refractivity contribution is -0.133. The average Bonchev–Trinajstić information content (AvgIpc) is 2.84. The van der Waals surface area contributed by atoms with Gasteiger partial charge in [0.1, 0.15) is 0 Å². The van der Waals surface area contributed by atoms with Crippen LogP contribution in [-0.2, 0) is 11.2 Å². The van der Waals surface area contributed by atoms with Crippen LogP contribution in [0.2, 0.25) is 0 Å². The molecule has 0 radical (unpaired) electrons. The van der Waals surface area contributed by atoms with Crippen molar-refractivity contribution in [3.05, 3.63) is 40.6 Å². The molecule has 0 aliphatic carbocycles. The summed E-state index contributed by atoms with van der Waals surface area (Å²) in [5.41, 5.74) is 2.22. The Morgan fingerprint density at radius 1 is 1.53 bits per heavy atom. The van der Waals surface area contributed by atoms with E-state index in [0.29, 0.717) is 5.16 Å². The molecule has 100 valence electrons. The smallest absolute Gasteiger partial charge is 0.313 e. The van der Waals surface area contributed by atoms with Crippen LogP contribution >= 0.6 is 27.7 Å². The second-order valence-corrected chi connectivity index (χ2v) is 5.75. The van der Waals surface area contributed by atoms with Crippen molar-refractivity contribution in [3.8, 4) is 5.69 Å². The van der Waals surface area contributed by atoms with Crippen molar-refractivity contribution >= 4 is 33.7 Å². The van der Waals surface area contributed by atoms with Crippen molar-refractivity contribution in [2.45, 2.75) is 18.5 Å². The van der Waals surface area contributed by atoms with E-state index in [1.807, 2.05) is 22.9 Å². The summed E-state index contributed by atoms with van der Waals surface area (Å²) in [7, 11) is 0. The lowest BCUT2D eigenvalue weighted by Gasteiger charge is -2.11. The number of carboxylic acids is 1. The summed E-state index contributed by atoms with van der Waals surface area (Å²) in [6.45, 7) is 2.09. The molecule has 1 aromatic carbocycles. The van der Waals surface area contributed by atoms with Crippen LogP contribution in [0.5, 0.6) is 0 Å². The van der Waals surface area contributed by atoms with Crippen molar-refractivity contribution in [2.24, 2.45) is 0 Å². The van der Waals surface area contributed by atoms with Crippen LogP contribution in [0, 0.1) is 0 Å². The molecule has 0 bridgehead atoms. The summed E-state index contributed by atoms with van der Waals surface area (Å²) in [5.74, 6) is -0.833. The molecule has 0 saturated heterocycles. The van der Waals surface area contributed by atoms with Gasteiger partial charge in [0.25, 0.3) is 0 Å². The Bertz CT molecular complexity index is 598. The van der Waals surface area contributed by atoms with E-state index in [2.05, 4.69) is 33.9 Å². The molecule has 0 unspecified atom stereocenters. The molecule has 0 aliphatic rings. The summed E-state index contributed by atoms with van der Waals surface area (Å²) in [6, 6.07) is 6.05. The summed E-state index contributed by atoms with van der Waals surface area (Å²) < 4.78 is 2.96. The van der Waals surface area contributed by atoms with Gasteiger partial charge in [-0.2, -0.15) is 0 Å². The van der Waals surface area contributed by atoms with Gasteiger partial charge in [0.15, 0.2) is 5.16 Å². The molecule has 1 aromatic heterocycles. The Hall–Kier alpha value is -1.27. The van der Waals surface area contributed by atoms with Gasteiger partial charge in [-0.3, -0.25) is 9.36 Å². The van der Waals surface area contributed by atoms with Crippen LogP contribution in [0.4, 0.5) is 0 Å². The van der Waals surface area contributed by atoms with Gasteiger partial charge in [-0.1, -0.05) is 34.6 Å². The number of carboxylic acid groups (broad SMARTS) is 1. The minimum absolute atomic E-state index is 0.00893. The maximum Gasteiger partial charge on any atom is 0.313 e. The van der Waals surface area contributed by atoms with Crippen LogP contribution in [-0.4, -0.2) is 26.4 Å². The van der Waals surface area contributed by atoms with Gasteiger partial charge in [-0.25, -0.2) is 4.98 Å². The fourth-order valence-electron chi connectivity index (χ4n) is 1.78. The first kappa shape index (κ1) is 14.1. The first-order valence-electron chi connectivity index (χ1n) is 5.78. The second-order valence-electron chi connectivity index (χ2n) is 3.89. The van der Waals surface area contributed by atoms with Gasteiger partial charge in [-0.05, 0) is 30.2 Å². The Balaban J connectivity index is 2.36. The van der Waals surface area contributed by atoms with Crippen LogP contribution in [0.15, 0.2) is 40.2 Å². The minimum atomic E-state index is -0.842. The van der Waals surface area contributed by atoms with Crippen LogP contribution < -0.4 is 0 Å². The Kier molecular flexibility index (Phi) is 4.66. The molecule has 19 heavy (non-hydrogen) atoms. The van der Waals surface area contributed by atoms with Crippen molar-refractivity contribution in [3.63, 3.8) is 0 Å². The van der Waals surface area contributed by atoms with Gasteiger partial charge < -0.3 is 5.11 Å². The van der Waals surface area contributed by atoms with E-state index in [4.69, 9.17) is 5.11 Å². The minimum Gasteiger partial charge on any atom is -0.481 e. The van der Waals surface area contributed by atoms with Crippen molar-refractivity contribution in [2.75, 3.05) is 5.75 Å². The summed E-state index contributed by atoms with van der Waals surface area (Å²) in [6.07, 6.45) is 4.44. The second kappa shape index (κ2) is 6.25. The SMILES string of the molecule is CCc1cc(Br)ccc1-n1ccnc1SCC(=O)O. The molecule has 0 saturated carbocycles. The number of aryl methyl sites for hydroxylation is 1. The zero-order chi connectivity index (χ0) is 13.8. The molecule has 2 rings (SSSR count). The maximum atomic E-state index is 10.6. The molecular formula is C13H13BrN2O2S. The highest BCUT2D eigenvalue weighted by molar-refractivity contribution is 9.10. The Morgan fingerprint density at radius 2 is 2.32 bits per heavy atom. The summed E-state index contributed by atoms with van der Waals surface area (Å²) in [5, 5.41) is 9.44. The van der Waals surface area contributed by atoms with Crippen molar-refractivity contribution in [1.29, 1.82) is 0 Å². The molecule has 0 aliphatic heterocycles. The van der Waals surface area contributed by atoms with Crippen molar-refractivity contribution in [1.82, 2.24) is 9.55 Å². The average molecular weight is 341 g/mol. The molecule has 2 aromatic rings. The number of halogens is 1. The lowest BCUT2D eigenvalue weighted by Crippen LogP contribution is -2.03. The van der Waals surface area contributed by atoms with E-state index < -0.39 is 5.97 Å². The van der Waals surface area contributed by atoms with E-state index >= 15 is 0 Å². The highest BCUT2D eigenvalue weighted by Gasteiger charge is 2.11. The standard InChI is InChI=1S/C13H13BrN2O2S/c1-2-9-7-10(14)3-4-11(9)16-6-5-15-13(16)19-8-12(17)18/h3-7H,2,8H2,1H3,(H,17,18). The molecular weight excluding hydrogens is 328 g/mol. The highest BCUT2D eigenvalue weighted by Crippen LogP contribution is 2.25. The fourth-order valence-corrected chi connectivity index (χ4v) is 2.87. The normalized spacial score (nSPS) is 10.6. The third-order valence-electron chi connectivity index (χ3n) is 2.61. The summed E-state index contributed by atoms with van der Waals surface area (Å²) >= 11 is 4.68. The number of benzene rings is 1. The number of aliphatic carboxylic acids is 1. The van der Waals surface area contributed by atoms with Crippen LogP contribution in [0.3, 0.4) is 0 Å². The predicted molar refractivity (Wildman–Crippen MR) is 79.0 cm³/mol. The van der Waals surface area contributed by atoms with Gasteiger partial charge in [0, 0.05) is 16.9 Å². The number of hydrogen-bond acceptors (Lipinski definition) is 3. The van der Waals surface area contributed by atoms with Crippen molar-refractivity contribution < 1.29 is 9.90 Å². The maximum absolute atomic E-state index is 10.6. The molecule has 1 N–H and O–H groups in total. The monoisotopic (exact) mass is 340 g/mol. The fraction of sp³-hybridized carbons (Fsp3) is 0.231. The van der Waals surface area contributed by atoms with Crippen LogP contribution in [0.1, 0.15) is 12.5 Å². The van der Waals surface area contributed by atoms with Gasteiger partial charge in [-0.15, -0.1) is 0 Å². The number of carbonyl (C=O) groups is 1. The van der Waals surface area contributed by atoms with E-state index in [-0.39, 0.29) is 5.75 Å². The lowest BCUT2D eigenvalue weighted by atomic mass is 10.1. The third-order valence-corrected chi connectivity index (χ3v) is 4.06. The van der Waals surface area contributed by atoms with E-state index in [0.717, 1.165) is 16.6 Å². The Labute approximate surface area is 124 Å². The van der Waals surface area contributed by atoms with Crippen LogP contribution in [0.25, 0.3) is 5.69 Å². The molecule has 1 heterocycles. The quantitative estimate of drug-likeness (QED) is 0.847. The largest absolute Gasteiger partial charge is 0.481 e. The highest BCUT2D eigenvalue weighted by atomic mass is 79.9. The molecule has 0 amide bonds. The molecule has 0 atom stereocenters. The zero-order valence-corrected chi connectivity index (χ0v) is 12.7. The number of aromatic nitrogens is 2. The first-order valence-corrected chi connectivity index (χ1v) is 7.56. The molecule has 6 heteroatoms. The number of imidazole rings is 1. The predicted octanol–water partition coefficient (Wildman–Crippen LogP) is 3.37. The first-order chi connectivity index (χ1) is 9.11. The molecule has 0 spiro atoms. The number of thioether (sulfide) groups is 1. The number of rotatable bonds is 5. The van der Waals surface area contributed by atoms with Gasteiger partial charge >= 0.3 is 5.97 Å². The molecule has 4 nitrogen and oxygen atoms in total. The van der Waals surface area contributed by atoms with E-state index in [1.165, 1.54) is 17.3 Å². The van der Waals surface area contributed by atoms with E-state index in [1.54, 1.807) is 6.20 Å². The van der Waals surface area contributed by atoms with Gasteiger partial charge in [0.2, 0.25) is 0 Å². The van der Waals surface area contributed by atoms with E-state index in [9.17, 15) is 4.79 Å².